The molecular weight excluding hydrogens is 260 g/mol. The molecule has 0 radical (unpaired) electrons. The van der Waals surface area contributed by atoms with E-state index in [2.05, 4.69) is 10.1 Å². The van der Waals surface area contributed by atoms with Crippen molar-refractivity contribution in [1.29, 1.82) is 0 Å². The van der Waals surface area contributed by atoms with Crippen molar-refractivity contribution in [3.63, 3.8) is 0 Å². The summed E-state index contributed by atoms with van der Waals surface area (Å²) in [4.78, 5) is 24.6. The molecule has 0 saturated carbocycles. The molecule has 1 aliphatic heterocycles. The number of methoxy groups -OCH3 is 1. The number of hydrogen-bond acceptors (Lipinski definition) is 5. The summed E-state index contributed by atoms with van der Waals surface area (Å²) in [7, 11) is 1.33. The van der Waals surface area contributed by atoms with Gasteiger partial charge in [-0.25, -0.2) is 4.79 Å². The number of nitrogens with one attached hydrogen (secondary N) is 1. The van der Waals surface area contributed by atoms with Crippen LogP contribution in [0, 0.1) is 0 Å². The van der Waals surface area contributed by atoms with Crippen molar-refractivity contribution in [3.8, 4) is 0 Å². The zero-order valence-corrected chi connectivity index (χ0v) is 11.8. The fraction of sp³-hybridized carbons (Fsp3) is 0.571. The van der Waals surface area contributed by atoms with E-state index in [-0.39, 0.29) is 11.7 Å². The van der Waals surface area contributed by atoms with Gasteiger partial charge >= 0.3 is 5.97 Å². The molecule has 0 spiro atoms. The summed E-state index contributed by atoms with van der Waals surface area (Å²) < 4.78 is 9.80. The van der Waals surface area contributed by atoms with E-state index in [0.29, 0.717) is 12.6 Å². The monoisotopic (exact) mass is 280 g/mol. The van der Waals surface area contributed by atoms with Crippen molar-refractivity contribution in [3.05, 3.63) is 23.7 Å². The maximum atomic E-state index is 11.5. The Bertz CT molecular complexity index is 475. The Kier molecular flexibility index (Phi) is 4.79. The first-order chi connectivity index (χ1) is 9.61. The number of piperidine rings is 1. The second-order valence-corrected chi connectivity index (χ2v) is 4.93. The van der Waals surface area contributed by atoms with Gasteiger partial charge in [0.15, 0.2) is 0 Å². The van der Waals surface area contributed by atoms with Crippen LogP contribution < -0.4 is 5.32 Å². The molecule has 2 heterocycles. The second-order valence-electron chi connectivity index (χ2n) is 4.93. The van der Waals surface area contributed by atoms with E-state index in [1.165, 1.54) is 13.4 Å². The molecule has 1 fully saturated rings. The van der Waals surface area contributed by atoms with Gasteiger partial charge in [0, 0.05) is 38.2 Å². The Morgan fingerprint density at radius 3 is 2.75 bits per heavy atom. The predicted molar refractivity (Wildman–Crippen MR) is 72.2 cm³/mol. The average molecular weight is 280 g/mol. The van der Waals surface area contributed by atoms with Crippen molar-refractivity contribution in [1.82, 2.24) is 10.2 Å². The number of furan rings is 1. The van der Waals surface area contributed by atoms with Crippen LogP contribution in [0.1, 0.15) is 35.9 Å². The highest BCUT2D eigenvalue weighted by molar-refractivity contribution is 5.87. The minimum atomic E-state index is -0.460. The lowest BCUT2D eigenvalue weighted by atomic mass is 10.0. The topological polar surface area (TPSA) is 71.8 Å². The molecule has 1 aromatic rings. The lowest BCUT2D eigenvalue weighted by Crippen LogP contribution is -2.44. The van der Waals surface area contributed by atoms with E-state index in [0.717, 1.165) is 31.5 Å². The smallest absolute Gasteiger partial charge is 0.374 e. The largest absolute Gasteiger partial charge is 0.463 e. The summed E-state index contributed by atoms with van der Waals surface area (Å²) >= 11 is 0. The number of ether oxygens (including phenoxy) is 1. The Hall–Kier alpha value is -1.82. The van der Waals surface area contributed by atoms with Crippen molar-refractivity contribution in [2.75, 3.05) is 20.2 Å². The number of carbonyl (C=O) groups excluding carboxylic acids is 2. The van der Waals surface area contributed by atoms with Crippen LogP contribution in [0.4, 0.5) is 0 Å². The van der Waals surface area contributed by atoms with Crippen LogP contribution >= 0.6 is 0 Å². The summed E-state index contributed by atoms with van der Waals surface area (Å²) in [6, 6.07) is 2.12. The quantitative estimate of drug-likeness (QED) is 0.838. The molecule has 2 rings (SSSR count). The van der Waals surface area contributed by atoms with Crippen LogP contribution in [0.2, 0.25) is 0 Å². The third-order valence-corrected chi connectivity index (χ3v) is 3.64. The Morgan fingerprint density at radius 2 is 2.15 bits per heavy atom. The third kappa shape index (κ3) is 3.39. The van der Waals surface area contributed by atoms with Gasteiger partial charge in [0.1, 0.15) is 0 Å². The van der Waals surface area contributed by atoms with E-state index in [1.54, 1.807) is 13.0 Å². The van der Waals surface area contributed by atoms with Crippen molar-refractivity contribution < 1.29 is 18.7 Å². The van der Waals surface area contributed by atoms with E-state index < -0.39 is 5.97 Å². The first-order valence-electron chi connectivity index (χ1n) is 6.75. The highest BCUT2D eigenvalue weighted by atomic mass is 16.5. The fourth-order valence-corrected chi connectivity index (χ4v) is 2.40. The summed E-state index contributed by atoms with van der Waals surface area (Å²) in [5.41, 5.74) is 0.797. The number of likely N-dealkylation sites (tertiary alicyclic amines) is 1. The molecule has 1 N–H and O–H groups in total. The molecule has 20 heavy (non-hydrogen) atoms. The molecule has 0 aliphatic carbocycles. The van der Waals surface area contributed by atoms with Crippen LogP contribution in [0.3, 0.4) is 0 Å². The van der Waals surface area contributed by atoms with Crippen LogP contribution in [-0.4, -0.2) is 43.0 Å². The molecule has 0 bridgehead atoms. The Morgan fingerprint density at radius 1 is 1.45 bits per heavy atom. The van der Waals surface area contributed by atoms with Gasteiger partial charge in [-0.1, -0.05) is 0 Å². The molecule has 110 valence electrons. The van der Waals surface area contributed by atoms with E-state index in [4.69, 9.17) is 4.42 Å². The van der Waals surface area contributed by atoms with Crippen LogP contribution in [0.5, 0.6) is 0 Å². The van der Waals surface area contributed by atoms with Gasteiger partial charge in [-0.3, -0.25) is 4.79 Å². The lowest BCUT2D eigenvalue weighted by Gasteiger charge is -2.31. The van der Waals surface area contributed by atoms with Crippen LogP contribution in [-0.2, 0) is 16.1 Å². The number of rotatable bonds is 4. The predicted octanol–water partition coefficient (Wildman–Crippen LogP) is 1.17. The van der Waals surface area contributed by atoms with Gasteiger partial charge < -0.3 is 19.4 Å². The van der Waals surface area contributed by atoms with Gasteiger partial charge in [0.05, 0.1) is 13.4 Å². The molecule has 6 nitrogen and oxygen atoms in total. The van der Waals surface area contributed by atoms with Gasteiger partial charge in [-0.15, -0.1) is 0 Å². The van der Waals surface area contributed by atoms with Gasteiger partial charge in [0.2, 0.25) is 11.7 Å². The summed E-state index contributed by atoms with van der Waals surface area (Å²) in [6.45, 7) is 3.72. The molecule has 0 unspecified atom stereocenters. The standard InChI is InChI=1S/C14H20N2O4/c1-10(17)16-6-3-12(4-7-16)15-9-11-5-8-20-13(11)14(18)19-2/h5,8,12,15H,3-4,6-7,9H2,1-2H3. The molecule has 0 atom stereocenters. The van der Waals surface area contributed by atoms with E-state index in [1.807, 2.05) is 4.90 Å². The molecule has 1 amide bonds. The first kappa shape index (κ1) is 14.6. The number of esters is 1. The molecular formula is C14H20N2O4. The third-order valence-electron chi connectivity index (χ3n) is 3.64. The van der Waals surface area contributed by atoms with E-state index >= 15 is 0 Å². The summed E-state index contributed by atoms with van der Waals surface area (Å²) in [5, 5.41) is 3.40. The number of amides is 1. The minimum absolute atomic E-state index is 0.131. The summed E-state index contributed by atoms with van der Waals surface area (Å²) in [6.07, 6.45) is 3.33. The zero-order chi connectivity index (χ0) is 14.5. The molecule has 6 heteroatoms. The Balaban J connectivity index is 1.83. The van der Waals surface area contributed by atoms with E-state index in [9.17, 15) is 9.59 Å². The van der Waals surface area contributed by atoms with Crippen LogP contribution in [0.25, 0.3) is 0 Å². The fourth-order valence-electron chi connectivity index (χ4n) is 2.40. The van der Waals surface area contributed by atoms with Crippen molar-refractivity contribution in [2.24, 2.45) is 0 Å². The Labute approximate surface area is 118 Å². The molecule has 1 aliphatic rings. The first-order valence-corrected chi connectivity index (χ1v) is 6.75. The number of nitrogens with zero attached hydrogens (tertiary/aromatic N) is 1. The van der Waals surface area contributed by atoms with Gasteiger partial charge in [0.25, 0.3) is 0 Å². The highest BCUT2D eigenvalue weighted by Crippen LogP contribution is 2.14. The lowest BCUT2D eigenvalue weighted by molar-refractivity contribution is -0.129. The van der Waals surface area contributed by atoms with Gasteiger partial charge in [-0.2, -0.15) is 0 Å². The maximum Gasteiger partial charge on any atom is 0.374 e. The maximum absolute atomic E-state index is 11.5. The normalized spacial score (nSPS) is 16.2. The molecule has 1 aromatic heterocycles. The molecule has 1 saturated heterocycles. The van der Waals surface area contributed by atoms with Crippen LogP contribution in [0.15, 0.2) is 16.7 Å². The zero-order valence-electron chi connectivity index (χ0n) is 11.8. The SMILES string of the molecule is COC(=O)c1occc1CNC1CCN(C(C)=O)CC1. The van der Waals surface area contributed by atoms with Crippen molar-refractivity contribution in [2.45, 2.75) is 32.4 Å². The number of carbonyl (C=O) groups is 2. The minimum Gasteiger partial charge on any atom is -0.463 e. The second kappa shape index (κ2) is 6.56. The summed E-state index contributed by atoms with van der Waals surface area (Å²) in [5.74, 6) is -0.0781. The molecule has 0 aromatic carbocycles. The average Bonchev–Trinajstić information content (AvgIpc) is 2.93. The highest BCUT2D eigenvalue weighted by Gasteiger charge is 2.21. The number of hydrogen-bond donors (Lipinski definition) is 1. The van der Waals surface area contributed by atoms with Crippen molar-refractivity contribution >= 4 is 11.9 Å². The van der Waals surface area contributed by atoms with Gasteiger partial charge in [-0.05, 0) is 18.9 Å².